The molecule has 1 saturated carbocycles. The van der Waals surface area contributed by atoms with Gasteiger partial charge < -0.3 is 19.8 Å². The lowest BCUT2D eigenvalue weighted by Gasteiger charge is -2.28. The van der Waals surface area contributed by atoms with Crippen molar-refractivity contribution in [2.45, 2.75) is 50.4 Å². The van der Waals surface area contributed by atoms with Crippen molar-refractivity contribution in [1.82, 2.24) is 29.5 Å². The number of rotatable bonds is 8. The third-order valence-electron chi connectivity index (χ3n) is 9.08. The molecule has 2 atom stereocenters. The van der Waals surface area contributed by atoms with E-state index in [4.69, 9.17) is 0 Å². The van der Waals surface area contributed by atoms with Crippen LogP contribution in [-0.4, -0.2) is 41.3 Å². The summed E-state index contributed by atoms with van der Waals surface area (Å²) in [6.07, 6.45) is 8.52. The molecule has 2 amide bonds. The van der Waals surface area contributed by atoms with Gasteiger partial charge in [0.1, 0.15) is 0 Å². The van der Waals surface area contributed by atoms with E-state index < -0.39 is 0 Å². The molecular weight excluding hydrogens is 576 g/mol. The lowest BCUT2D eigenvalue weighted by molar-refractivity contribution is -0.116. The Labute approximate surface area is 266 Å². The van der Waals surface area contributed by atoms with Crippen molar-refractivity contribution in [3.8, 4) is 0 Å². The van der Waals surface area contributed by atoms with Crippen LogP contribution < -0.4 is 10.6 Å². The standard InChI is InChI=1S/C36H36N8O2/c1-43-21-25(27-10-3-5-12-31(27)43)19-35(45)37-33-16-14-29(39-41-33)23-8-7-9-24(18-23)30-15-17-34(42-40-30)38-36(46)20-26-22-44(2)32-13-6-4-11-28(26)32/h3-6,10-17,21-24H,7-9,18-20H2,1-2H3,(H,37,41,45)(H,38,42,46). The van der Waals surface area contributed by atoms with Gasteiger partial charge in [-0.15, -0.1) is 10.2 Å². The average Bonchev–Trinajstić information content (AvgIpc) is 3.56. The second kappa shape index (κ2) is 12.5. The smallest absolute Gasteiger partial charge is 0.230 e. The molecule has 1 aliphatic carbocycles. The Morgan fingerprint density at radius 3 is 1.54 bits per heavy atom. The highest BCUT2D eigenvalue weighted by molar-refractivity contribution is 5.96. The number of aromatic nitrogens is 6. The van der Waals surface area contributed by atoms with Gasteiger partial charge in [0.25, 0.3) is 0 Å². The van der Waals surface area contributed by atoms with Gasteiger partial charge >= 0.3 is 0 Å². The molecule has 4 heterocycles. The maximum Gasteiger partial charge on any atom is 0.230 e. The highest BCUT2D eigenvalue weighted by Gasteiger charge is 2.27. The normalized spacial score (nSPS) is 16.5. The molecule has 46 heavy (non-hydrogen) atoms. The topological polar surface area (TPSA) is 120 Å². The zero-order valence-corrected chi connectivity index (χ0v) is 26.0. The summed E-state index contributed by atoms with van der Waals surface area (Å²) in [5, 5.41) is 25.6. The minimum atomic E-state index is -0.122. The number of hydrogen-bond donors (Lipinski definition) is 2. The summed E-state index contributed by atoms with van der Waals surface area (Å²) in [4.78, 5) is 25.6. The van der Waals surface area contributed by atoms with Crippen LogP contribution in [0, 0.1) is 0 Å². The van der Waals surface area contributed by atoms with Crippen molar-refractivity contribution in [3.05, 3.63) is 108 Å². The second-order valence-corrected chi connectivity index (χ2v) is 12.3. The third kappa shape index (κ3) is 6.10. The first-order valence-corrected chi connectivity index (χ1v) is 15.7. The molecule has 0 bridgehead atoms. The molecule has 0 aliphatic heterocycles. The maximum atomic E-state index is 12.8. The molecular formula is C36H36N8O2. The number of para-hydroxylation sites is 2. The number of carbonyl (C=O) groups is 2. The van der Waals surface area contributed by atoms with Crippen molar-refractivity contribution < 1.29 is 9.59 Å². The number of nitrogens with zero attached hydrogens (tertiary/aromatic N) is 6. The first kappa shape index (κ1) is 29.3. The molecule has 6 aromatic rings. The van der Waals surface area contributed by atoms with Gasteiger partial charge in [0, 0.05) is 60.1 Å². The largest absolute Gasteiger partial charge is 0.350 e. The molecule has 1 aliphatic rings. The first-order chi connectivity index (χ1) is 22.4. The van der Waals surface area contributed by atoms with Gasteiger partial charge in [0.05, 0.1) is 24.2 Å². The van der Waals surface area contributed by atoms with Gasteiger partial charge in [-0.2, -0.15) is 10.2 Å². The van der Waals surface area contributed by atoms with Crippen LogP contribution in [0.3, 0.4) is 0 Å². The van der Waals surface area contributed by atoms with E-state index in [9.17, 15) is 9.59 Å². The van der Waals surface area contributed by atoms with Gasteiger partial charge in [0.15, 0.2) is 11.6 Å². The van der Waals surface area contributed by atoms with E-state index in [1.54, 1.807) is 0 Å². The molecule has 4 aromatic heterocycles. The van der Waals surface area contributed by atoms with Crippen LogP contribution in [-0.2, 0) is 36.5 Å². The fraction of sp³-hybridized carbons (Fsp3) is 0.278. The zero-order chi connectivity index (χ0) is 31.6. The number of benzene rings is 2. The van der Waals surface area contributed by atoms with Crippen LogP contribution in [0.2, 0.25) is 0 Å². The van der Waals surface area contributed by atoms with Crippen molar-refractivity contribution in [2.24, 2.45) is 14.1 Å². The number of amides is 2. The Hall–Kier alpha value is -5.38. The minimum absolute atomic E-state index is 0.122. The molecule has 2 N–H and O–H groups in total. The Morgan fingerprint density at radius 1 is 0.652 bits per heavy atom. The van der Waals surface area contributed by atoms with E-state index in [-0.39, 0.29) is 36.5 Å². The average molecular weight is 613 g/mol. The van der Waals surface area contributed by atoms with E-state index in [1.807, 2.05) is 108 Å². The molecule has 0 radical (unpaired) electrons. The Kier molecular flexibility index (Phi) is 8.00. The number of aryl methyl sites for hydroxylation is 2. The van der Waals surface area contributed by atoms with Crippen molar-refractivity contribution in [3.63, 3.8) is 0 Å². The molecule has 10 heteroatoms. The molecule has 0 saturated heterocycles. The minimum Gasteiger partial charge on any atom is -0.350 e. The maximum absolute atomic E-state index is 12.8. The van der Waals surface area contributed by atoms with Crippen LogP contribution in [0.25, 0.3) is 21.8 Å². The quantitative estimate of drug-likeness (QED) is 0.216. The third-order valence-corrected chi connectivity index (χ3v) is 9.08. The second-order valence-electron chi connectivity index (χ2n) is 12.3. The van der Waals surface area contributed by atoms with Crippen molar-refractivity contribution in [1.29, 1.82) is 0 Å². The number of fused-ring (bicyclic) bond motifs is 2. The van der Waals surface area contributed by atoms with Crippen molar-refractivity contribution in [2.75, 3.05) is 10.6 Å². The summed E-state index contributed by atoms with van der Waals surface area (Å²) in [5.74, 6) is 1.14. The fourth-order valence-corrected chi connectivity index (χ4v) is 6.83. The lowest BCUT2D eigenvalue weighted by Crippen LogP contribution is -2.18. The first-order valence-electron chi connectivity index (χ1n) is 15.7. The molecule has 2 unspecified atom stereocenters. The highest BCUT2D eigenvalue weighted by Crippen LogP contribution is 2.40. The van der Waals surface area contributed by atoms with Crippen LogP contribution in [0.1, 0.15) is 60.0 Å². The van der Waals surface area contributed by atoms with Crippen LogP contribution in [0.15, 0.2) is 85.2 Å². The summed E-state index contributed by atoms with van der Waals surface area (Å²) in [6.45, 7) is 0. The molecule has 7 rings (SSSR count). The summed E-state index contributed by atoms with van der Waals surface area (Å²) in [7, 11) is 3.97. The monoisotopic (exact) mass is 612 g/mol. The molecule has 10 nitrogen and oxygen atoms in total. The van der Waals surface area contributed by atoms with Crippen LogP contribution in [0.5, 0.6) is 0 Å². The van der Waals surface area contributed by atoms with E-state index in [0.717, 1.165) is 70.0 Å². The fourth-order valence-electron chi connectivity index (χ4n) is 6.83. The summed E-state index contributed by atoms with van der Waals surface area (Å²) in [6, 6.07) is 23.7. The highest BCUT2D eigenvalue weighted by atomic mass is 16.2. The van der Waals surface area contributed by atoms with E-state index >= 15 is 0 Å². The number of hydrogen-bond acceptors (Lipinski definition) is 6. The van der Waals surface area contributed by atoms with Gasteiger partial charge in [-0.3, -0.25) is 9.59 Å². The van der Waals surface area contributed by atoms with Crippen molar-refractivity contribution >= 4 is 45.3 Å². The van der Waals surface area contributed by atoms with Gasteiger partial charge in [-0.25, -0.2) is 0 Å². The molecule has 232 valence electrons. The van der Waals surface area contributed by atoms with Crippen LogP contribution >= 0.6 is 0 Å². The Morgan fingerprint density at radius 2 is 1.11 bits per heavy atom. The summed E-state index contributed by atoms with van der Waals surface area (Å²) in [5.41, 5.74) is 5.99. The van der Waals surface area contributed by atoms with Gasteiger partial charge in [0.2, 0.25) is 11.8 Å². The number of carbonyl (C=O) groups excluding carboxylic acids is 2. The predicted molar refractivity (Wildman–Crippen MR) is 179 cm³/mol. The predicted octanol–water partition coefficient (Wildman–Crippen LogP) is 6.05. The molecule has 1 fully saturated rings. The molecule has 2 aromatic carbocycles. The van der Waals surface area contributed by atoms with Gasteiger partial charge in [-0.05, 0) is 66.8 Å². The zero-order valence-electron chi connectivity index (χ0n) is 26.0. The lowest BCUT2D eigenvalue weighted by atomic mass is 9.78. The van der Waals surface area contributed by atoms with Gasteiger partial charge in [-0.1, -0.05) is 42.8 Å². The SMILES string of the molecule is Cn1cc(CC(=O)Nc2ccc(C3CCCC(c4ccc(NC(=O)Cc5cn(C)c6ccccc56)nn4)C3)nn2)c2ccccc21. The van der Waals surface area contributed by atoms with E-state index in [0.29, 0.717) is 11.6 Å². The Bertz CT molecular complexity index is 1880. The summed E-state index contributed by atoms with van der Waals surface area (Å²) >= 11 is 0. The van der Waals surface area contributed by atoms with Crippen LogP contribution in [0.4, 0.5) is 11.6 Å². The molecule has 0 spiro atoms. The van der Waals surface area contributed by atoms with E-state index in [1.165, 1.54) is 0 Å². The number of anilines is 2. The van der Waals surface area contributed by atoms with E-state index in [2.05, 4.69) is 31.0 Å². The summed E-state index contributed by atoms with van der Waals surface area (Å²) < 4.78 is 4.08. The number of nitrogens with one attached hydrogen (secondary N) is 2. The Balaban J connectivity index is 0.938.